The molecule has 1 radical (unpaired) electrons. The molecule has 2 rings (SSSR count). The van der Waals surface area contributed by atoms with E-state index < -0.39 is 0 Å². The highest BCUT2D eigenvalue weighted by atomic mass is 15.1. The van der Waals surface area contributed by atoms with Gasteiger partial charge in [-0.25, -0.2) is 4.98 Å². The molecule has 0 fully saturated rings. The maximum atomic E-state index is 4.22. The van der Waals surface area contributed by atoms with Gasteiger partial charge in [-0.1, -0.05) is 30.3 Å². The summed E-state index contributed by atoms with van der Waals surface area (Å²) >= 11 is 0. The second-order valence-electron chi connectivity index (χ2n) is 3.06. The quantitative estimate of drug-likeness (QED) is 0.643. The van der Waals surface area contributed by atoms with Crippen molar-refractivity contribution >= 4 is 0 Å². The van der Waals surface area contributed by atoms with E-state index in [1.807, 2.05) is 36.7 Å². The van der Waals surface area contributed by atoms with Crippen LogP contribution in [0, 0.1) is 13.1 Å². The Morgan fingerprint density at radius 3 is 2.46 bits per heavy atom. The van der Waals surface area contributed by atoms with Crippen molar-refractivity contribution in [2.24, 2.45) is 7.05 Å². The van der Waals surface area contributed by atoms with Crippen LogP contribution in [0.25, 0.3) is 11.4 Å². The van der Waals surface area contributed by atoms with Crippen molar-refractivity contribution in [1.82, 2.24) is 9.55 Å². The van der Waals surface area contributed by atoms with Crippen LogP contribution >= 0.6 is 0 Å². The normalized spacial score (nSPS) is 10.3. The third kappa shape index (κ3) is 1.35. The van der Waals surface area contributed by atoms with Gasteiger partial charge in [0, 0.05) is 18.3 Å². The first-order valence-corrected chi connectivity index (χ1v) is 4.25. The first kappa shape index (κ1) is 8.05. The van der Waals surface area contributed by atoms with E-state index in [-0.39, 0.29) is 0 Å². The number of nitrogens with zero attached hydrogens (tertiary/aromatic N) is 2. The van der Waals surface area contributed by atoms with E-state index in [9.17, 15) is 0 Å². The van der Waals surface area contributed by atoms with Gasteiger partial charge in [-0.2, -0.15) is 0 Å². The van der Waals surface area contributed by atoms with Gasteiger partial charge in [-0.15, -0.1) is 0 Å². The van der Waals surface area contributed by atoms with Crippen molar-refractivity contribution in [1.29, 1.82) is 0 Å². The molecule has 0 saturated carbocycles. The van der Waals surface area contributed by atoms with Crippen molar-refractivity contribution in [2.75, 3.05) is 0 Å². The van der Waals surface area contributed by atoms with Gasteiger partial charge >= 0.3 is 0 Å². The monoisotopic (exact) mass is 171 g/mol. The van der Waals surface area contributed by atoms with Crippen LogP contribution in [0.15, 0.2) is 30.3 Å². The molecule has 0 aliphatic heterocycles. The fraction of sp³-hybridized carbons (Fsp3) is 0.182. The Hall–Kier alpha value is -1.57. The molecule has 0 amide bonds. The summed E-state index contributed by atoms with van der Waals surface area (Å²) in [6.07, 6.45) is 2.95. The van der Waals surface area contributed by atoms with Gasteiger partial charge in [-0.3, -0.25) is 0 Å². The molecular formula is C11H11N2. The molecule has 0 spiro atoms. The van der Waals surface area contributed by atoms with E-state index >= 15 is 0 Å². The van der Waals surface area contributed by atoms with Crippen molar-refractivity contribution in [3.05, 3.63) is 42.2 Å². The van der Waals surface area contributed by atoms with Crippen molar-refractivity contribution in [3.8, 4) is 11.4 Å². The lowest BCUT2D eigenvalue weighted by Gasteiger charge is -2.01. The molecule has 0 unspecified atom stereocenters. The fourth-order valence-corrected chi connectivity index (χ4v) is 1.29. The number of rotatable bonds is 1. The van der Waals surface area contributed by atoms with E-state index in [0.717, 1.165) is 17.1 Å². The molecular weight excluding hydrogens is 160 g/mol. The lowest BCUT2D eigenvalue weighted by molar-refractivity contribution is 0.883. The van der Waals surface area contributed by atoms with Gasteiger partial charge in [0.15, 0.2) is 0 Å². The predicted molar refractivity (Wildman–Crippen MR) is 52.2 cm³/mol. The Morgan fingerprint density at radius 2 is 1.92 bits per heavy atom. The molecule has 0 aliphatic rings. The molecule has 0 bridgehead atoms. The van der Waals surface area contributed by atoms with Crippen LogP contribution in [-0.4, -0.2) is 9.55 Å². The van der Waals surface area contributed by atoms with Crippen LogP contribution in [0.2, 0.25) is 0 Å². The van der Waals surface area contributed by atoms with E-state index in [2.05, 4.69) is 23.3 Å². The number of hydrogen-bond acceptors (Lipinski definition) is 1. The predicted octanol–water partition coefficient (Wildman–Crippen LogP) is 2.20. The maximum absolute atomic E-state index is 4.22. The van der Waals surface area contributed by atoms with Crippen LogP contribution in [0.1, 0.15) is 5.69 Å². The van der Waals surface area contributed by atoms with Gasteiger partial charge in [0.25, 0.3) is 0 Å². The van der Waals surface area contributed by atoms with Crippen LogP contribution in [-0.2, 0) is 7.05 Å². The molecule has 1 heterocycles. The molecule has 2 nitrogen and oxygen atoms in total. The second kappa shape index (κ2) is 3.05. The fourth-order valence-electron chi connectivity index (χ4n) is 1.29. The Balaban J connectivity index is 2.53. The summed E-state index contributed by atoms with van der Waals surface area (Å²) in [6.45, 7) is 2.00. The van der Waals surface area contributed by atoms with Crippen molar-refractivity contribution < 1.29 is 0 Å². The lowest BCUT2D eigenvalue weighted by atomic mass is 10.2. The largest absolute Gasteiger partial charge is 0.331 e. The minimum Gasteiger partial charge on any atom is -0.331 e. The van der Waals surface area contributed by atoms with Crippen LogP contribution in [0.5, 0.6) is 0 Å². The topological polar surface area (TPSA) is 17.8 Å². The molecule has 1 aromatic carbocycles. The van der Waals surface area contributed by atoms with E-state index in [0.29, 0.717) is 0 Å². The Morgan fingerprint density at radius 1 is 1.23 bits per heavy atom. The van der Waals surface area contributed by atoms with Crippen LogP contribution in [0.4, 0.5) is 0 Å². The highest BCUT2D eigenvalue weighted by Crippen LogP contribution is 2.16. The van der Waals surface area contributed by atoms with Crippen molar-refractivity contribution in [2.45, 2.75) is 6.92 Å². The number of hydrogen-bond donors (Lipinski definition) is 0. The molecule has 65 valence electrons. The maximum Gasteiger partial charge on any atom is 0.140 e. The average molecular weight is 171 g/mol. The first-order chi connectivity index (χ1) is 6.29. The second-order valence-corrected chi connectivity index (χ2v) is 3.06. The SMILES string of the molecule is Cc1[c]nc(-c2ccccc2)n1C. The molecule has 2 aromatic rings. The minimum absolute atomic E-state index is 0.970. The third-order valence-corrected chi connectivity index (χ3v) is 2.18. The smallest absolute Gasteiger partial charge is 0.140 e. The highest BCUT2D eigenvalue weighted by Gasteiger charge is 2.04. The first-order valence-electron chi connectivity index (χ1n) is 4.25. The summed E-state index contributed by atoms with van der Waals surface area (Å²) in [7, 11) is 2.00. The molecule has 1 aromatic heterocycles. The molecule has 0 atom stereocenters. The van der Waals surface area contributed by atoms with Gasteiger partial charge in [-0.05, 0) is 6.92 Å². The summed E-state index contributed by atoms with van der Waals surface area (Å²) in [6, 6.07) is 10.1. The van der Waals surface area contributed by atoms with Gasteiger partial charge < -0.3 is 4.57 Å². The Kier molecular flexibility index (Phi) is 1.89. The summed E-state index contributed by atoms with van der Waals surface area (Å²) in [5.41, 5.74) is 2.19. The van der Waals surface area contributed by atoms with Gasteiger partial charge in [0.05, 0.1) is 0 Å². The van der Waals surface area contributed by atoms with E-state index in [4.69, 9.17) is 0 Å². The molecule has 2 heteroatoms. The zero-order chi connectivity index (χ0) is 9.26. The highest BCUT2D eigenvalue weighted by molar-refractivity contribution is 5.55. The average Bonchev–Trinajstić information content (AvgIpc) is 2.49. The number of aryl methyl sites for hydroxylation is 1. The molecule has 0 N–H and O–H groups in total. The Bertz CT molecular complexity index is 401. The zero-order valence-corrected chi connectivity index (χ0v) is 7.78. The van der Waals surface area contributed by atoms with E-state index in [1.165, 1.54) is 0 Å². The third-order valence-electron chi connectivity index (χ3n) is 2.18. The van der Waals surface area contributed by atoms with E-state index in [1.54, 1.807) is 0 Å². The summed E-state index contributed by atoms with van der Waals surface area (Å²) < 4.78 is 2.04. The zero-order valence-electron chi connectivity index (χ0n) is 7.78. The Labute approximate surface area is 77.9 Å². The summed E-state index contributed by atoms with van der Waals surface area (Å²) in [5.74, 6) is 0.970. The molecule has 0 saturated heterocycles. The number of benzene rings is 1. The van der Waals surface area contributed by atoms with Gasteiger partial charge in [0.2, 0.25) is 0 Å². The number of aromatic nitrogens is 2. The summed E-state index contributed by atoms with van der Waals surface area (Å²) in [5, 5.41) is 0. The molecule has 0 aliphatic carbocycles. The van der Waals surface area contributed by atoms with Crippen molar-refractivity contribution in [3.63, 3.8) is 0 Å². The van der Waals surface area contributed by atoms with Crippen LogP contribution < -0.4 is 0 Å². The standard InChI is InChI=1S/C11H11N2/c1-9-8-12-11(13(9)2)10-6-4-3-5-7-10/h3-7H,1-2H3. The summed E-state index contributed by atoms with van der Waals surface area (Å²) in [4.78, 5) is 4.22. The van der Waals surface area contributed by atoms with Gasteiger partial charge in [0.1, 0.15) is 12.0 Å². The molecule has 13 heavy (non-hydrogen) atoms. The lowest BCUT2D eigenvalue weighted by Crippen LogP contribution is -1.93. The number of imidazole rings is 1. The minimum atomic E-state index is 0.970. The van der Waals surface area contributed by atoms with Crippen LogP contribution in [0.3, 0.4) is 0 Å².